The van der Waals surface area contributed by atoms with Gasteiger partial charge in [0.25, 0.3) is 0 Å². The van der Waals surface area contributed by atoms with Crippen molar-refractivity contribution in [2.24, 2.45) is 11.8 Å². The Kier molecular flexibility index (Phi) is 1.56. The number of hydrogen-bond acceptors (Lipinski definition) is 3. The van der Waals surface area contributed by atoms with Crippen LogP contribution in [0.2, 0.25) is 0 Å². The molecular weight excluding hydrogens is 236 g/mol. The Morgan fingerprint density at radius 3 is 2.58 bits per heavy atom. The lowest BCUT2D eigenvalue weighted by Crippen LogP contribution is -1.86. The zero-order valence-electron chi connectivity index (χ0n) is 6.53. The number of nitrogens with zero attached hydrogens (tertiary/aromatic N) is 2. The fraction of sp³-hybridized carbons (Fsp3) is 0.750. The molecular formula is C8H9BrN2S. The molecule has 0 aromatic carbocycles. The molecule has 2 aliphatic rings. The van der Waals surface area contributed by atoms with Crippen molar-refractivity contribution in [1.82, 2.24) is 10.2 Å². The van der Waals surface area contributed by atoms with Gasteiger partial charge in [-0.25, -0.2) is 0 Å². The van der Waals surface area contributed by atoms with Crippen molar-refractivity contribution >= 4 is 27.3 Å². The quantitative estimate of drug-likeness (QED) is 0.760. The van der Waals surface area contributed by atoms with E-state index in [2.05, 4.69) is 26.1 Å². The van der Waals surface area contributed by atoms with Crippen LogP contribution in [0.1, 0.15) is 30.2 Å². The highest BCUT2D eigenvalue weighted by atomic mass is 79.9. The Balaban J connectivity index is 1.84. The number of halogens is 1. The molecule has 0 bridgehead atoms. The molecule has 0 radical (unpaired) electrons. The number of aromatic nitrogens is 2. The lowest BCUT2D eigenvalue weighted by Gasteiger charge is -1.95. The predicted octanol–water partition coefficient (Wildman–Crippen LogP) is 2.81. The van der Waals surface area contributed by atoms with E-state index in [9.17, 15) is 0 Å². The van der Waals surface area contributed by atoms with Crippen molar-refractivity contribution in [2.75, 3.05) is 0 Å². The van der Waals surface area contributed by atoms with Crippen LogP contribution in [0, 0.1) is 11.8 Å². The summed E-state index contributed by atoms with van der Waals surface area (Å²) < 4.78 is 0.933. The van der Waals surface area contributed by atoms with Crippen LogP contribution in [0.15, 0.2) is 3.92 Å². The molecule has 2 aliphatic carbocycles. The lowest BCUT2D eigenvalue weighted by atomic mass is 10.2. The van der Waals surface area contributed by atoms with Crippen molar-refractivity contribution in [3.8, 4) is 0 Å². The molecule has 3 rings (SSSR count). The first kappa shape index (κ1) is 7.44. The maximum absolute atomic E-state index is 4.18. The van der Waals surface area contributed by atoms with Crippen LogP contribution >= 0.6 is 27.3 Å². The summed E-state index contributed by atoms with van der Waals surface area (Å²) in [7, 11) is 0. The lowest BCUT2D eigenvalue weighted by molar-refractivity contribution is 0.675. The highest BCUT2D eigenvalue weighted by Gasteiger charge is 2.54. The second-order valence-corrected chi connectivity index (χ2v) is 5.96. The molecule has 0 spiro atoms. The summed E-state index contributed by atoms with van der Waals surface area (Å²) in [5, 5.41) is 9.43. The van der Waals surface area contributed by atoms with Gasteiger partial charge in [-0.05, 0) is 40.6 Å². The van der Waals surface area contributed by atoms with Crippen LogP contribution in [0.4, 0.5) is 0 Å². The molecule has 0 N–H and O–H groups in total. The van der Waals surface area contributed by atoms with Gasteiger partial charge < -0.3 is 0 Å². The third kappa shape index (κ3) is 0.973. The molecule has 1 aromatic rings. The molecule has 2 atom stereocenters. The zero-order chi connectivity index (χ0) is 8.13. The topological polar surface area (TPSA) is 25.8 Å². The first-order chi connectivity index (χ1) is 5.86. The van der Waals surface area contributed by atoms with E-state index in [1.165, 1.54) is 24.3 Å². The second-order valence-electron chi connectivity index (χ2n) is 3.68. The van der Waals surface area contributed by atoms with E-state index in [1.807, 2.05) is 0 Å². The second kappa shape index (κ2) is 2.51. The Hall–Kier alpha value is 0.0400. The first-order valence-corrected chi connectivity index (χ1v) is 5.96. The van der Waals surface area contributed by atoms with Gasteiger partial charge in [0, 0.05) is 5.92 Å². The Bertz CT molecular complexity index is 302. The fourth-order valence-electron chi connectivity index (χ4n) is 2.54. The Labute approximate surface area is 83.5 Å². The average molecular weight is 245 g/mol. The highest BCUT2D eigenvalue weighted by Crippen LogP contribution is 2.63. The van der Waals surface area contributed by atoms with Crippen molar-refractivity contribution < 1.29 is 0 Å². The van der Waals surface area contributed by atoms with Gasteiger partial charge >= 0.3 is 0 Å². The SMILES string of the molecule is Brc1nnc(C2C3CCCC32)s1. The number of fused-ring (bicyclic) bond motifs is 1. The summed E-state index contributed by atoms with van der Waals surface area (Å²) in [5.74, 6) is 2.71. The minimum absolute atomic E-state index is 0.780. The Morgan fingerprint density at radius 2 is 2.00 bits per heavy atom. The molecule has 2 saturated carbocycles. The van der Waals surface area contributed by atoms with Gasteiger partial charge in [-0.2, -0.15) is 0 Å². The normalized spacial score (nSPS) is 38.2. The molecule has 2 nitrogen and oxygen atoms in total. The summed E-state index contributed by atoms with van der Waals surface area (Å²) in [4.78, 5) is 0. The smallest absolute Gasteiger partial charge is 0.142 e. The van der Waals surface area contributed by atoms with Gasteiger partial charge in [0.05, 0.1) is 0 Å². The molecule has 0 saturated heterocycles. The van der Waals surface area contributed by atoms with Crippen LogP contribution in [-0.2, 0) is 0 Å². The maximum atomic E-state index is 4.18. The molecule has 1 heterocycles. The van der Waals surface area contributed by atoms with E-state index in [4.69, 9.17) is 0 Å². The van der Waals surface area contributed by atoms with Crippen molar-refractivity contribution in [1.29, 1.82) is 0 Å². The van der Waals surface area contributed by atoms with Crippen molar-refractivity contribution in [2.45, 2.75) is 25.2 Å². The van der Waals surface area contributed by atoms with E-state index in [-0.39, 0.29) is 0 Å². The summed E-state index contributed by atoms with van der Waals surface area (Å²) in [6, 6.07) is 0. The average Bonchev–Trinajstić information content (AvgIpc) is 2.55. The van der Waals surface area contributed by atoms with Gasteiger partial charge in [0.15, 0.2) is 3.92 Å². The maximum Gasteiger partial charge on any atom is 0.183 e. The summed E-state index contributed by atoms with van der Waals surface area (Å²) in [6.45, 7) is 0. The van der Waals surface area contributed by atoms with E-state index in [0.29, 0.717) is 0 Å². The molecule has 2 unspecified atom stereocenters. The molecule has 4 heteroatoms. The largest absolute Gasteiger partial charge is 0.183 e. The van der Waals surface area contributed by atoms with Crippen molar-refractivity contribution in [3.63, 3.8) is 0 Å². The number of hydrogen-bond donors (Lipinski definition) is 0. The van der Waals surface area contributed by atoms with Gasteiger partial charge in [0.2, 0.25) is 0 Å². The standard InChI is InChI=1S/C8H9BrN2S/c9-8-11-10-7(12-8)6-4-2-1-3-5(4)6/h4-6H,1-3H2. The summed E-state index contributed by atoms with van der Waals surface area (Å²) in [5.41, 5.74) is 0. The van der Waals surface area contributed by atoms with Crippen LogP contribution < -0.4 is 0 Å². The Morgan fingerprint density at radius 1 is 1.25 bits per heavy atom. The molecule has 0 amide bonds. The van der Waals surface area contributed by atoms with Crippen LogP contribution in [0.5, 0.6) is 0 Å². The monoisotopic (exact) mass is 244 g/mol. The minimum Gasteiger partial charge on any atom is -0.142 e. The molecule has 64 valence electrons. The van der Waals surface area contributed by atoms with E-state index in [0.717, 1.165) is 21.7 Å². The van der Waals surface area contributed by atoms with E-state index < -0.39 is 0 Å². The molecule has 0 aliphatic heterocycles. The third-order valence-corrected chi connectivity index (χ3v) is 4.56. The highest BCUT2D eigenvalue weighted by molar-refractivity contribution is 9.11. The van der Waals surface area contributed by atoms with Crippen LogP contribution in [0.3, 0.4) is 0 Å². The molecule has 12 heavy (non-hydrogen) atoms. The number of rotatable bonds is 1. The van der Waals surface area contributed by atoms with Crippen molar-refractivity contribution in [3.05, 3.63) is 8.92 Å². The van der Waals surface area contributed by atoms with Gasteiger partial charge in [0.1, 0.15) is 5.01 Å². The fourth-order valence-corrected chi connectivity index (χ4v) is 3.94. The van der Waals surface area contributed by atoms with E-state index >= 15 is 0 Å². The molecule has 1 aromatic heterocycles. The zero-order valence-corrected chi connectivity index (χ0v) is 8.94. The van der Waals surface area contributed by atoms with Gasteiger partial charge in [-0.1, -0.05) is 17.8 Å². The first-order valence-electron chi connectivity index (χ1n) is 4.35. The predicted molar refractivity (Wildman–Crippen MR) is 51.2 cm³/mol. The van der Waals surface area contributed by atoms with Crippen LogP contribution in [0.25, 0.3) is 0 Å². The third-order valence-electron chi connectivity index (χ3n) is 3.11. The van der Waals surface area contributed by atoms with Crippen LogP contribution in [-0.4, -0.2) is 10.2 Å². The molecule has 2 fully saturated rings. The van der Waals surface area contributed by atoms with Gasteiger partial charge in [-0.3, -0.25) is 0 Å². The summed E-state index contributed by atoms with van der Waals surface area (Å²) >= 11 is 5.06. The van der Waals surface area contributed by atoms with E-state index in [1.54, 1.807) is 11.3 Å². The minimum atomic E-state index is 0.780. The summed E-state index contributed by atoms with van der Waals surface area (Å²) in [6.07, 6.45) is 4.28. The van der Waals surface area contributed by atoms with Gasteiger partial charge in [-0.15, -0.1) is 10.2 Å².